The van der Waals surface area contributed by atoms with Gasteiger partial charge in [0.05, 0.1) is 11.4 Å². The minimum atomic E-state index is 1.12. The fraction of sp³-hybridized carbons (Fsp3) is 0.500. The molecule has 13 heavy (non-hydrogen) atoms. The highest BCUT2D eigenvalue weighted by Gasteiger charge is 2.18. The lowest BCUT2D eigenvalue weighted by atomic mass is 10.3. The monoisotopic (exact) mass is 194 g/mol. The first-order chi connectivity index (χ1) is 6.42. The highest BCUT2D eigenvalue weighted by Crippen LogP contribution is 2.25. The summed E-state index contributed by atoms with van der Waals surface area (Å²) < 4.78 is 0. The van der Waals surface area contributed by atoms with Crippen molar-refractivity contribution in [1.82, 2.24) is 4.98 Å². The first kappa shape index (κ1) is 8.88. The van der Waals surface area contributed by atoms with Crippen LogP contribution >= 0.6 is 11.8 Å². The fourth-order valence-corrected chi connectivity index (χ4v) is 2.11. The number of hydrogen-bond acceptors (Lipinski definition) is 3. The van der Waals surface area contributed by atoms with E-state index in [1.165, 1.54) is 17.1 Å². The Kier molecular flexibility index (Phi) is 2.74. The van der Waals surface area contributed by atoms with E-state index in [4.69, 9.17) is 0 Å². The molecule has 0 bridgehead atoms. The Morgan fingerprint density at radius 2 is 2.54 bits per heavy atom. The van der Waals surface area contributed by atoms with E-state index in [1.807, 2.05) is 24.0 Å². The highest BCUT2D eigenvalue weighted by molar-refractivity contribution is 7.98. The Hall–Kier alpha value is -0.700. The van der Waals surface area contributed by atoms with Gasteiger partial charge in [-0.25, -0.2) is 0 Å². The number of pyridine rings is 1. The lowest BCUT2D eigenvalue weighted by Crippen LogP contribution is -2.23. The van der Waals surface area contributed by atoms with Crippen LogP contribution in [0.4, 0.5) is 5.69 Å². The molecule has 1 aliphatic heterocycles. The van der Waals surface area contributed by atoms with E-state index < -0.39 is 0 Å². The molecule has 2 nitrogen and oxygen atoms in total. The van der Waals surface area contributed by atoms with Crippen LogP contribution in [0.2, 0.25) is 0 Å². The van der Waals surface area contributed by atoms with Gasteiger partial charge in [0, 0.05) is 31.5 Å². The standard InChI is InChI=1S/C10H14N2S/c1-13-8-7-12-6-4-9-10(12)3-2-5-11-9/h2-3,5H,4,6-8H2,1H3. The van der Waals surface area contributed by atoms with Crippen molar-refractivity contribution in [2.24, 2.45) is 0 Å². The van der Waals surface area contributed by atoms with Crippen molar-refractivity contribution in [3.63, 3.8) is 0 Å². The molecule has 0 radical (unpaired) electrons. The van der Waals surface area contributed by atoms with Crippen molar-refractivity contribution in [2.75, 3.05) is 30.0 Å². The number of fused-ring (bicyclic) bond motifs is 1. The van der Waals surface area contributed by atoms with Crippen molar-refractivity contribution < 1.29 is 0 Å². The third-order valence-corrected chi connectivity index (χ3v) is 2.98. The minimum absolute atomic E-state index is 1.12. The van der Waals surface area contributed by atoms with Gasteiger partial charge in [-0.15, -0.1) is 0 Å². The van der Waals surface area contributed by atoms with E-state index in [0.717, 1.165) is 19.5 Å². The maximum absolute atomic E-state index is 4.37. The summed E-state index contributed by atoms with van der Waals surface area (Å²) in [6.07, 6.45) is 5.15. The Morgan fingerprint density at radius 1 is 1.62 bits per heavy atom. The van der Waals surface area contributed by atoms with Gasteiger partial charge in [0.2, 0.25) is 0 Å². The van der Waals surface area contributed by atoms with Gasteiger partial charge in [0.1, 0.15) is 0 Å². The van der Waals surface area contributed by atoms with Crippen LogP contribution < -0.4 is 4.90 Å². The smallest absolute Gasteiger partial charge is 0.0654 e. The van der Waals surface area contributed by atoms with Crippen molar-refractivity contribution in [1.29, 1.82) is 0 Å². The van der Waals surface area contributed by atoms with Crippen LogP contribution in [-0.2, 0) is 6.42 Å². The quantitative estimate of drug-likeness (QED) is 0.730. The van der Waals surface area contributed by atoms with Gasteiger partial charge in [-0.3, -0.25) is 4.98 Å². The number of rotatable bonds is 3. The summed E-state index contributed by atoms with van der Waals surface area (Å²) in [5, 5.41) is 0. The molecule has 0 fully saturated rings. The number of thioether (sulfide) groups is 1. The molecule has 2 rings (SSSR count). The molecule has 0 saturated carbocycles. The normalized spacial score (nSPS) is 14.7. The molecular weight excluding hydrogens is 180 g/mol. The molecule has 3 heteroatoms. The molecule has 2 heterocycles. The summed E-state index contributed by atoms with van der Waals surface area (Å²) in [6.45, 7) is 2.30. The maximum Gasteiger partial charge on any atom is 0.0654 e. The zero-order valence-corrected chi connectivity index (χ0v) is 8.68. The fourth-order valence-electron chi connectivity index (χ4n) is 1.71. The highest BCUT2D eigenvalue weighted by atomic mass is 32.2. The van der Waals surface area contributed by atoms with Gasteiger partial charge in [0.25, 0.3) is 0 Å². The maximum atomic E-state index is 4.37. The lowest BCUT2D eigenvalue weighted by Gasteiger charge is -2.17. The Balaban J connectivity index is 2.09. The van der Waals surface area contributed by atoms with Gasteiger partial charge in [-0.05, 0) is 18.4 Å². The molecule has 0 saturated heterocycles. The van der Waals surface area contributed by atoms with Gasteiger partial charge >= 0.3 is 0 Å². The van der Waals surface area contributed by atoms with Crippen molar-refractivity contribution >= 4 is 17.4 Å². The van der Waals surface area contributed by atoms with Crippen molar-refractivity contribution in [2.45, 2.75) is 6.42 Å². The van der Waals surface area contributed by atoms with Crippen LogP contribution in [0.25, 0.3) is 0 Å². The Morgan fingerprint density at radius 3 is 3.38 bits per heavy atom. The average molecular weight is 194 g/mol. The molecular formula is C10H14N2S. The van der Waals surface area contributed by atoms with E-state index in [0.29, 0.717) is 0 Å². The largest absolute Gasteiger partial charge is 0.369 e. The molecule has 1 aromatic heterocycles. The molecule has 0 aliphatic carbocycles. The van der Waals surface area contributed by atoms with Crippen LogP contribution in [-0.4, -0.2) is 30.1 Å². The zero-order valence-electron chi connectivity index (χ0n) is 7.86. The van der Waals surface area contributed by atoms with Crippen LogP contribution in [0, 0.1) is 0 Å². The summed E-state index contributed by atoms with van der Waals surface area (Å²) in [7, 11) is 0. The van der Waals surface area contributed by atoms with E-state index in [9.17, 15) is 0 Å². The SMILES string of the molecule is CSCCN1CCc2ncccc21. The van der Waals surface area contributed by atoms with Crippen LogP contribution in [0.5, 0.6) is 0 Å². The van der Waals surface area contributed by atoms with Gasteiger partial charge in [-0.2, -0.15) is 11.8 Å². The molecule has 0 unspecified atom stereocenters. The average Bonchev–Trinajstić information content (AvgIpc) is 2.58. The van der Waals surface area contributed by atoms with Crippen molar-refractivity contribution in [3.8, 4) is 0 Å². The number of nitrogens with zero attached hydrogens (tertiary/aromatic N) is 2. The van der Waals surface area contributed by atoms with E-state index in [-0.39, 0.29) is 0 Å². The molecule has 0 amide bonds. The second-order valence-electron chi connectivity index (χ2n) is 3.20. The Labute approximate surface area is 83.4 Å². The molecule has 1 aromatic rings. The Bertz CT molecular complexity index is 288. The summed E-state index contributed by atoms with van der Waals surface area (Å²) >= 11 is 1.90. The molecule has 0 N–H and O–H groups in total. The second-order valence-corrected chi connectivity index (χ2v) is 4.18. The number of hydrogen-bond donors (Lipinski definition) is 0. The zero-order chi connectivity index (χ0) is 9.10. The minimum Gasteiger partial charge on any atom is -0.369 e. The molecule has 70 valence electrons. The predicted molar refractivity (Wildman–Crippen MR) is 58.5 cm³/mol. The van der Waals surface area contributed by atoms with E-state index in [1.54, 1.807) is 0 Å². The number of anilines is 1. The first-order valence-corrected chi connectivity index (χ1v) is 5.99. The third kappa shape index (κ3) is 1.80. The van der Waals surface area contributed by atoms with E-state index in [2.05, 4.69) is 22.2 Å². The molecule has 0 aromatic carbocycles. The van der Waals surface area contributed by atoms with Gasteiger partial charge in [-0.1, -0.05) is 0 Å². The first-order valence-electron chi connectivity index (χ1n) is 4.59. The number of aromatic nitrogens is 1. The summed E-state index contributed by atoms with van der Waals surface area (Å²) in [4.78, 5) is 6.80. The van der Waals surface area contributed by atoms with Crippen molar-refractivity contribution in [3.05, 3.63) is 24.0 Å². The van der Waals surface area contributed by atoms with Crippen LogP contribution in [0.15, 0.2) is 18.3 Å². The lowest BCUT2D eigenvalue weighted by molar-refractivity contribution is 0.870. The van der Waals surface area contributed by atoms with Crippen LogP contribution in [0.1, 0.15) is 5.69 Å². The van der Waals surface area contributed by atoms with E-state index >= 15 is 0 Å². The van der Waals surface area contributed by atoms with Gasteiger partial charge in [0.15, 0.2) is 0 Å². The summed E-state index contributed by atoms with van der Waals surface area (Å²) in [5.74, 6) is 1.20. The summed E-state index contributed by atoms with van der Waals surface area (Å²) in [6, 6.07) is 4.20. The van der Waals surface area contributed by atoms with Gasteiger partial charge < -0.3 is 4.90 Å². The summed E-state index contributed by atoms with van der Waals surface area (Å²) in [5.41, 5.74) is 2.61. The van der Waals surface area contributed by atoms with Crippen LogP contribution in [0.3, 0.4) is 0 Å². The topological polar surface area (TPSA) is 16.1 Å². The molecule has 0 spiro atoms. The molecule has 1 aliphatic rings. The molecule has 0 atom stereocenters. The third-order valence-electron chi connectivity index (χ3n) is 2.39. The predicted octanol–water partition coefficient (Wildman–Crippen LogP) is 1.81. The second kappa shape index (κ2) is 4.01.